The zero-order valence-corrected chi connectivity index (χ0v) is 8.47. The van der Waals surface area contributed by atoms with Gasteiger partial charge in [-0.3, -0.25) is 0 Å². The van der Waals surface area contributed by atoms with Crippen molar-refractivity contribution in [3.63, 3.8) is 0 Å². The van der Waals surface area contributed by atoms with Crippen molar-refractivity contribution in [1.82, 2.24) is 0 Å². The van der Waals surface area contributed by atoms with E-state index in [2.05, 4.69) is 0 Å². The Kier molecular flexibility index (Phi) is 2.72. The maximum Gasteiger partial charge on any atom is 0.335 e. The van der Waals surface area contributed by atoms with E-state index < -0.39 is 0 Å². The second-order valence-corrected chi connectivity index (χ2v) is 3.21. The van der Waals surface area contributed by atoms with Crippen LogP contribution in [0.1, 0.15) is 18.6 Å². The van der Waals surface area contributed by atoms with Crippen LogP contribution in [0.4, 0.5) is 0 Å². The molecule has 3 nitrogen and oxygen atoms in total. The number of carbonyl (C=O) groups is 1. The molecule has 15 heavy (non-hydrogen) atoms. The van der Waals surface area contributed by atoms with Crippen molar-refractivity contribution in [2.45, 2.75) is 13.0 Å². The van der Waals surface area contributed by atoms with Gasteiger partial charge in [0.25, 0.3) is 0 Å². The fraction of sp³-hybridized carbons (Fsp3) is 0.250. The fourth-order valence-corrected chi connectivity index (χ4v) is 1.54. The van der Waals surface area contributed by atoms with Crippen molar-refractivity contribution in [3.8, 4) is 0 Å². The van der Waals surface area contributed by atoms with Crippen LogP contribution in [0, 0.1) is 0 Å². The average molecular weight is 204 g/mol. The Morgan fingerprint density at radius 1 is 1.33 bits per heavy atom. The molecular formula is C12H12O3. The molecule has 1 aromatic rings. The third-order valence-electron chi connectivity index (χ3n) is 2.17. The Labute approximate surface area is 88.3 Å². The Morgan fingerprint density at radius 2 is 2.07 bits per heavy atom. The molecule has 1 atom stereocenters. The van der Waals surface area contributed by atoms with Gasteiger partial charge in [0.1, 0.15) is 5.76 Å². The standard InChI is InChI=1S/C12H12O3/c1-2-14-10-8-11(13)15-12(10)9-6-4-3-5-7-9/h3-8,12H,2H2,1H3. The average Bonchev–Trinajstić information content (AvgIpc) is 2.62. The van der Waals surface area contributed by atoms with E-state index in [-0.39, 0.29) is 12.1 Å². The van der Waals surface area contributed by atoms with Gasteiger partial charge in [0, 0.05) is 5.56 Å². The molecule has 1 aliphatic rings. The molecule has 0 saturated heterocycles. The minimum Gasteiger partial charge on any atom is -0.494 e. The lowest BCUT2D eigenvalue weighted by molar-refractivity contribution is -0.139. The summed E-state index contributed by atoms with van der Waals surface area (Å²) in [6.45, 7) is 2.41. The Balaban J connectivity index is 2.23. The van der Waals surface area contributed by atoms with Crippen molar-refractivity contribution in [3.05, 3.63) is 47.7 Å². The summed E-state index contributed by atoms with van der Waals surface area (Å²) in [6, 6.07) is 9.56. The summed E-state index contributed by atoms with van der Waals surface area (Å²) in [5.74, 6) is 0.251. The number of cyclic esters (lactones) is 1. The third kappa shape index (κ3) is 2.01. The van der Waals surface area contributed by atoms with E-state index in [1.807, 2.05) is 37.3 Å². The van der Waals surface area contributed by atoms with Crippen LogP contribution in [0.2, 0.25) is 0 Å². The van der Waals surface area contributed by atoms with Crippen molar-refractivity contribution < 1.29 is 14.3 Å². The van der Waals surface area contributed by atoms with Crippen LogP contribution >= 0.6 is 0 Å². The Bertz CT molecular complexity index is 381. The van der Waals surface area contributed by atoms with E-state index in [4.69, 9.17) is 9.47 Å². The number of ether oxygens (including phenoxy) is 2. The molecule has 0 radical (unpaired) electrons. The Morgan fingerprint density at radius 3 is 2.73 bits per heavy atom. The molecule has 1 aromatic carbocycles. The molecule has 1 heterocycles. The number of hydrogen-bond acceptors (Lipinski definition) is 3. The summed E-state index contributed by atoms with van der Waals surface area (Å²) in [5.41, 5.74) is 0.933. The van der Waals surface area contributed by atoms with Gasteiger partial charge in [0.2, 0.25) is 0 Å². The molecule has 1 unspecified atom stereocenters. The van der Waals surface area contributed by atoms with E-state index in [1.54, 1.807) is 0 Å². The molecule has 0 fully saturated rings. The first kappa shape index (κ1) is 9.77. The molecule has 0 aliphatic carbocycles. The maximum absolute atomic E-state index is 11.1. The lowest BCUT2D eigenvalue weighted by Crippen LogP contribution is -2.05. The summed E-state index contributed by atoms with van der Waals surface area (Å²) in [5, 5.41) is 0. The van der Waals surface area contributed by atoms with Gasteiger partial charge in [0.05, 0.1) is 12.7 Å². The SMILES string of the molecule is CCOC1=CC(=O)OC1c1ccccc1. The number of benzene rings is 1. The summed E-state index contributed by atoms with van der Waals surface area (Å²) < 4.78 is 10.5. The molecular weight excluding hydrogens is 192 g/mol. The highest BCUT2D eigenvalue weighted by atomic mass is 16.6. The van der Waals surface area contributed by atoms with Crippen LogP contribution in [-0.2, 0) is 14.3 Å². The zero-order chi connectivity index (χ0) is 10.7. The predicted molar refractivity (Wildman–Crippen MR) is 55.0 cm³/mol. The highest BCUT2D eigenvalue weighted by Gasteiger charge is 2.28. The molecule has 1 aliphatic heterocycles. The number of esters is 1. The van der Waals surface area contributed by atoms with Crippen molar-refractivity contribution in [2.24, 2.45) is 0 Å². The number of carbonyl (C=O) groups excluding carboxylic acids is 1. The summed E-state index contributed by atoms with van der Waals surface area (Å²) in [4.78, 5) is 11.1. The van der Waals surface area contributed by atoms with E-state index in [9.17, 15) is 4.79 Å². The highest BCUT2D eigenvalue weighted by molar-refractivity contribution is 5.85. The van der Waals surface area contributed by atoms with Gasteiger partial charge in [-0.2, -0.15) is 0 Å². The van der Waals surface area contributed by atoms with E-state index >= 15 is 0 Å². The normalized spacial score (nSPS) is 19.7. The maximum atomic E-state index is 11.1. The van der Waals surface area contributed by atoms with E-state index in [0.29, 0.717) is 12.4 Å². The first-order valence-corrected chi connectivity index (χ1v) is 4.91. The van der Waals surface area contributed by atoms with Crippen LogP contribution < -0.4 is 0 Å². The molecule has 0 saturated carbocycles. The highest BCUT2D eigenvalue weighted by Crippen LogP contribution is 2.31. The number of hydrogen-bond donors (Lipinski definition) is 0. The van der Waals surface area contributed by atoms with Crippen molar-refractivity contribution in [2.75, 3.05) is 6.61 Å². The van der Waals surface area contributed by atoms with Crippen LogP contribution in [0.25, 0.3) is 0 Å². The van der Waals surface area contributed by atoms with Crippen LogP contribution in [-0.4, -0.2) is 12.6 Å². The van der Waals surface area contributed by atoms with E-state index in [1.165, 1.54) is 6.08 Å². The first-order valence-electron chi connectivity index (χ1n) is 4.91. The molecule has 3 heteroatoms. The lowest BCUT2D eigenvalue weighted by atomic mass is 10.1. The quantitative estimate of drug-likeness (QED) is 0.708. The van der Waals surface area contributed by atoms with E-state index in [0.717, 1.165) is 5.56 Å². The predicted octanol–water partition coefficient (Wildman–Crippen LogP) is 2.20. The summed E-state index contributed by atoms with van der Waals surface area (Å²) in [7, 11) is 0. The van der Waals surface area contributed by atoms with Gasteiger partial charge in [0.15, 0.2) is 6.10 Å². The molecule has 0 bridgehead atoms. The second-order valence-electron chi connectivity index (χ2n) is 3.21. The van der Waals surface area contributed by atoms with Gasteiger partial charge < -0.3 is 9.47 Å². The molecule has 0 aromatic heterocycles. The van der Waals surface area contributed by atoms with Gasteiger partial charge in [-0.05, 0) is 6.92 Å². The monoisotopic (exact) mass is 204 g/mol. The first-order chi connectivity index (χ1) is 7.31. The van der Waals surface area contributed by atoms with Gasteiger partial charge in [-0.25, -0.2) is 4.79 Å². The fourth-order valence-electron chi connectivity index (χ4n) is 1.54. The lowest BCUT2D eigenvalue weighted by Gasteiger charge is -2.14. The largest absolute Gasteiger partial charge is 0.494 e. The van der Waals surface area contributed by atoms with Gasteiger partial charge in [-0.1, -0.05) is 30.3 Å². The molecule has 0 spiro atoms. The van der Waals surface area contributed by atoms with Gasteiger partial charge >= 0.3 is 5.97 Å². The molecule has 0 amide bonds. The summed E-state index contributed by atoms with van der Waals surface area (Å²) in [6.07, 6.45) is 1.03. The smallest absolute Gasteiger partial charge is 0.335 e. The molecule has 0 N–H and O–H groups in total. The second kappa shape index (κ2) is 4.17. The van der Waals surface area contributed by atoms with Crippen molar-refractivity contribution >= 4 is 5.97 Å². The van der Waals surface area contributed by atoms with Crippen LogP contribution in [0.3, 0.4) is 0 Å². The van der Waals surface area contributed by atoms with Crippen molar-refractivity contribution in [1.29, 1.82) is 0 Å². The van der Waals surface area contributed by atoms with Crippen LogP contribution in [0.15, 0.2) is 42.2 Å². The summed E-state index contributed by atoms with van der Waals surface area (Å²) >= 11 is 0. The minimum absolute atomic E-state index is 0.340. The Hall–Kier alpha value is -1.77. The zero-order valence-electron chi connectivity index (χ0n) is 8.47. The third-order valence-corrected chi connectivity index (χ3v) is 2.17. The number of rotatable bonds is 3. The van der Waals surface area contributed by atoms with Gasteiger partial charge in [-0.15, -0.1) is 0 Å². The molecule has 2 rings (SSSR count). The van der Waals surface area contributed by atoms with Crippen LogP contribution in [0.5, 0.6) is 0 Å². The topological polar surface area (TPSA) is 35.5 Å². The molecule has 78 valence electrons. The minimum atomic E-state index is -0.376.